The molecule has 0 heterocycles. The lowest BCUT2D eigenvalue weighted by Gasteiger charge is -2.13. The molecule has 0 saturated carbocycles. The van der Waals surface area contributed by atoms with Crippen molar-refractivity contribution in [1.29, 1.82) is 0 Å². The van der Waals surface area contributed by atoms with E-state index in [4.69, 9.17) is 0 Å². The Kier molecular flexibility index (Phi) is 15.9. The van der Waals surface area contributed by atoms with E-state index in [-0.39, 0.29) is 12.5 Å². The number of allylic oxidation sites excluding steroid dienone is 6. The Morgan fingerprint density at radius 3 is 1.88 bits per heavy atom. The Morgan fingerprint density at radius 1 is 0.708 bits per heavy atom. The molecule has 0 fully saturated rings. The zero-order valence-electron chi connectivity index (χ0n) is 15.3. The summed E-state index contributed by atoms with van der Waals surface area (Å²) in [5, 5.41) is 28.7. The molecule has 0 amide bonds. The van der Waals surface area contributed by atoms with Crippen LogP contribution >= 0.6 is 0 Å². The van der Waals surface area contributed by atoms with Crippen LogP contribution in [0.15, 0.2) is 48.6 Å². The largest absolute Gasteiger partial charge is 0.396 e. The summed E-state index contributed by atoms with van der Waals surface area (Å²) in [6.07, 6.45) is 20.6. The number of hydrogen-bond donors (Lipinski definition) is 3. The molecule has 3 nitrogen and oxygen atoms in total. The molecule has 0 radical (unpaired) electrons. The molecule has 0 aliphatic heterocycles. The molecule has 3 N–H and O–H groups in total. The van der Waals surface area contributed by atoms with E-state index in [1.165, 1.54) is 12.8 Å². The quantitative estimate of drug-likeness (QED) is 0.327. The minimum atomic E-state index is -0.807. The molecule has 0 aromatic heterocycles. The van der Waals surface area contributed by atoms with Gasteiger partial charge in [0.15, 0.2) is 0 Å². The van der Waals surface area contributed by atoms with Crippen LogP contribution in [0.25, 0.3) is 0 Å². The molecule has 24 heavy (non-hydrogen) atoms. The number of aliphatic hydroxyl groups excluding tert-OH is 3. The van der Waals surface area contributed by atoms with Crippen LogP contribution in [0.4, 0.5) is 0 Å². The van der Waals surface area contributed by atoms with Gasteiger partial charge in [0.1, 0.15) is 0 Å². The zero-order valence-corrected chi connectivity index (χ0v) is 15.3. The monoisotopic (exact) mass is 336 g/mol. The third-order valence-electron chi connectivity index (χ3n) is 3.91. The van der Waals surface area contributed by atoms with Crippen LogP contribution in [0.2, 0.25) is 0 Å². The van der Waals surface area contributed by atoms with Crippen molar-refractivity contribution in [3.8, 4) is 0 Å². The Bertz CT molecular complexity index is 363. The molecule has 0 aromatic rings. The fraction of sp³-hybridized carbons (Fsp3) is 0.619. The standard InChI is InChI=1S/C21H36O3/c1-3-5-11-14-19(18-22)15-12-9-7-8-10-13-17-21(24)20(23)16-6-4-2/h7-10,12-13,15,17,19-24H,3-6,11,14,16,18H2,1-2H3/b9-7-,10-8+,15-12+,17-13+/t19-,20-,21+/m0/s1. The molecule has 3 heteroatoms. The first kappa shape index (κ1) is 22.8. The van der Waals surface area contributed by atoms with Gasteiger partial charge in [0.25, 0.3) is 0 Å². The average Bonchev–Trinajstić information content (AvgIpc) is 2.60. The molecule has 0 bridgehead atoms. The molecular weight excluding hydrogens is 300 g/mol. The van der Waals surface area contributed by atoms with Crippen molar-refractivity contribution >= 4 is 0 Å². The molecule has 0 unspecified atom stereocenters. The highest BCUT2D eigenvalue weighted by molar-refractivity contribution is 5.16. The van der Waals surface area contributed by atoms with Crippen molar-refractivity contribution in [1.82, 2.24) is 0 Å². The Balaban J connectivity index is 4.05. The van der Waals surface area contributed by atoms with Crippen LogP contribution in [0.1, 0.15) is 58.8 Å². The maximum Gasteiger partial charge on any atom is 0.0982 e. The highest BCUT2D eigenvalue weighted by Gasteiger charge is 2.11. The van der Waals surface area contributed by atoms with Gasteiger partial charge in [-0.2, -0.15) is 0 Å². The van der Waals surface area contributed by atoms with E-state index in [2.05, 4.69) is 13.8 Å². The molecular formula is C21H36O3. The van der Waals surface area contributed by atoms with Gasteiger partial charge in [0.05, 0.1) is 12.2 Å². The van der Waals surface area contributed by atoms with Gasteiger partial charge < -0.3 is 15.3 Å². The smallest absolute Gasteiger partial charge is 0.0982 e. The third kappa shape index (κ3) is 13.3. The van der Waals surface area contributed by atoms with Crippen molar-refractivity contribution in [2.24, 2.45) is 5.92 Å². The molecule has 0 spiro atoms. The molecule has 0 aliphatic carbocycles. The fourth-order valence-corrected chi connectivity index (χ4v) is 2.27. The number of hydrogen-bond acceptors (Lipinski definition) is 3. The van der Waals surface area contributed by atoms with Crippen molar-refractivity contribution in [2.75, 3.05) is 6.61 Å². The number of unbranched alkanes of at least 4 members (excludes halogenated alkanes) is 3. The maximum atomic E-state index is 9.74. The second-order valence-corrected chi connectivity index (χ2v) is 6.18. The van der Waals surface area contributed by atoms with Gasteiger partial charge in [-0.3, -0.25) is 0 Å². The van der Waals surface area contributed by atoms with Gasteiger partial charge in [-0.05, 0) is 12.8 Å². The normalized spacial score (nSPS) is 16.7. The van der Waals surface area contributed by atoms with Crippen LogP contribution in [-0.4, -0.2) is 34.1 Å². The lowest BCUT2D eigenvalue weighted by molar-refractivity contribution is 0.0418. The summed E-state index contributed by atoms with van der Waals surface area (Å²) in [5.41, 5.74) is 0. The predicted molar refractivity (Wildman–Crippen MR) is 103 cm³/mol. The summed E-state index contributed by atoms with van der Waals surface area (Å²) >= 11 is 0. The van der Waals surface area contributed by atoms with Crippen molar-refractivity contribution in [3.63, 3.8) is 0 Å². The van der Waals surface area contributed by atoms with Gasteiger partial charge in [-0.1, -0.05) is 94.6 Å². The Hall–Kier alpha value is -1.16. The summed E-state index contributed by atoms with van der Waals surface area (Å²) < 4.78 is 0. The lowest BCUT2D eigenvalue weighted by Crippen LogP contribution is -2.23. The van der Waals surface area contributed by atoms with E-state index < -0.39 is 12.2 Å². The Labute approximate surface area is 148 Å². The first-order valence-electron chi connectivity index (χ1n) is 9.30. The summed E-state index contributed by atoms with van der Waals surface area (Å²) in [6.45, 7) is 4.44. The molecule has 0 aliphatic rings. The van der Waals surface area contributed by atoms with E-state index in [0.29, 0.717) is 6.42 Å². The fourth-order valence-electron chi connectivity index (χ4n) is 2.27. The predicted octanol–water partition coefficient (Wildman–Crippen LogP) is 4.31. The van der Waals surface area contributed by atoms with Crippen LogP contribution in [0.5, 0.6) is 0 Å². The number of rotatable bonds is 14. The van der Waals surface area contributed by atoms with Gasteiger partial charge in [-0.25, -0.2) is 0 Å². The molecule has 138 valence electrons. The minimum Gasteiger partial charge on any atom is -0.396 e. The summed E-state index contributed by atoms with van der Waals surface area (Å²) in [7, 11) is 0. The molecule has 0 aromatic carbocycles. The van der Waals surface area contributed by atoms with Crippen molar-refractivity contribution in [2.45, 2.75) is 71.0 Å². The van der Waals surface area contributed by atoms with E-state index in [1.807, 2.05) is 36.5 Å². The summed E-state index contributed by atoms with van der Waals surface area (Å²) in [6, 6.07) is 0. The van der Waals surface area contributed by atoms with Gasteiger partial charge in [0, 0.05) is 12.5 Å². The molecule has 3 atom stereocenters. The number of aliphatic hydroxyl groups is 3. The average molecular weight is 337 g/mol. The van der Waals surface area contributed by atoms with Gasteiger partial charge in [-0.15, -0.1) is 0 Å². The molecule has 0 rings (SSSR count). The van der Waals surface area contributed by atoms with E-state index in [0.717, 1.165) is 25.7 Å². The SMILES string of the molecule is CCCCC[C@@H](/C=C/C=C\C=C\C=C\[C@@H](O)[C@@H](O)CCCC)CO. The topological polar surface area (TPSA) is 60.7 Å². The maximum absolute atomic E-state index is 9.74. The zero-order chi connectivity index (χ0) is 18.0. The Morgan fingerprint density at radius 2 is 1.29 bits per heavy atom. The molecule has 0 saturated heterocycles. The highest BCUT2D eigenvalue weighted by atomic mass is 16.3. The summed E-state index contributed by atoms with van der Waals surface area (Å²) in [4.78, 5) is 0. The first-order chi connectivity index (χ1) is 11.7. The van der Waals surface area contributed by atoms with Crippen LogP contribution in [0, 0.1) is 5.92 Å². The first-order valence-corrected chi connectivity index (χ1v) is 9.30. The van der Waals surface area contributed by atoms with E-state index in [1.54, 1.807) is 12.2 Å². The highest BCUT2D eigenvalue weighted by Crippen LogP contribution is 2.10. The lowest BCUT2D eigenvalue weighted by atomic mass is 10.0. The van der Waals surface area contributed by atoms with E-state index >= 15 is 0 Å². The van der Waals surface area contributed by atoms with E-state index in [9.17, 15) is 15.3 Å². The van der Waals surface area contributed by atoms with Gasteiger partial charge >= 0.3 is 0 Å². The summed E-state index contributed by atoms with van der Waals surface area (Å²) in [5.74, 6) is 0.241. The second kappa shape index (κ2) is 16.7. The van der Waals surface area contributed by atoms with Gasteiger partial charge in [0.2, 0.25) is 0 Å². The van der Waals surface area contributed by atoms with Crippen molar-refractivity contribution in [3.05, 3.63) is 48.6 Å². The minimum absolute atomic E-state index is 0.199. The van der Waals surface area contributed by atoms with Crippen LogP contribution in [0.3, 0.4) is 0 Å². The van der Waals surface area contributed by atoms with Crippen LogP contribution in [-0.2, 0) is 0 Å². The third-order valence-corrected chi connectivity index (χ3v) is 3.91. The van der Waals surface area contributed by atoms with Crippen LogP contribution < -0.4 is 0 Å². The second-order valence-electron chi connectivity index (χ2n) is 6.18. The van der Waals surface area contributed by atoms with Crippen molar-refractivity contribution < 1.29 is 15.3 Å².